The minimum atomic E-state index is -0.199. The number of likely N-dealkylation sites (N-methyl/N-ethyl adjacent to an activating group) is 1. The van der Waals surface area contributed by atoms with Crippen LogP contribution in [-0.4, -0.2) is 19.3 Å². The third-order valence-corrected chi connectivity index (χ3v) is 3.94. The summed E-state index contributed by atoms with van der Waals surface area (Å²) in [7, 11) is 1.94. The summed E-state index contributed by atoms with van der Waals surface area (Å²) in [4.78, 5) is 0. The molecule has 0 bridgehead atoms. The predicted molar refractivity (Wildman–Crippen MR) is 71.1 cm³/mol. The molecular formula is C15H22FNO. The van der Waals surface area contributed by atoms with Gasteiger partial charge in [0.2, 0.25) is 0 Å². The van der Waals surface area contributed by atoms with E-state index in [0.717, 1.165) is 30.6 Å². The minimum Gasteiger partial charge on any atom is -0.373 e. The third-order valence-electron chi connectivity index (χ3n) is 3.94. The molecule has 1 saturated heterocycles. The third kappa shape index (κ3) is 2.57. The smallest absolute Gasteiger partial charge is 0.123 e. The van der Waals surface area contributed by atoms with Crippen LogP contribution in [0.1, 0.15) is 43.4 Å². The average molecular weight is 251 g/mol. The van der Waals surface area contributed by atoms with E-state index >= 15 is 0 Å². The quantitative estimate of drug-likeness (QED) is 0.889. The molecule has 2 rings (SSSR count). The second-order valence-corrected chi connectivity index (χ2v) is 5.34. The van der Waals surface area contributed by atoms with Crippen LogP contribution in [0, 0.1) is 12.7 Å². The number of halogens is 1. The summed E-state index contributed by atoms with van der Waals surface area (Å²) in [5, 5.41) is 3.34. The lowest BCUT2D eigenvalue weighted by Crippen LogP contribution is -2.45. The number of benzene rings is 1. The SMILES string of the molecule is CNC(c1ccc(F)cc1C)C1(C)CCCCO1. The summed E-state index contributed by atoms with van der Waals surface area (Å²) in [5.74, 6) is -0.180. The standard InChI is InChI=1S/C15H22FNO/c1-11-10-12(16)6-7-13(11)14(17-3)15(2)8-4-5-9-18-15/h6-7,10,14,17H,4-5,8-9H2,1-3H3. The van der Waals surface area contributed by atoms with Crippen LogP contribution in [0.2, 0.25) is 0 Å². The first kappa shape index (κ1) is 13.5. The first-order chi connectivity index (χ1) is 8.57. The Bertz CT molecular complexity index is 413. The van der Waals surface area contributed by atoms with Crippen molar-refractivity contribution < 1.29 is 9.13 Å². The van der Waals surface area contributed by atoms with Crippen molar-refractivity contribution in [1.29, 1.82) is 0 Å². The average Bonchev–Trinajstić information content (AvgIpc) is 2.33. The van der Waals surface area contributed by atoms with E-state index in [1.54, 1.807) is 6.07 Å². The van der Waals surface area contributed by atoms with E-state index in [-0.39, 0.29) is 17.5 Å². The summed E-state index contributed by atoms with van der Waals surface area (Å²) in [6.07, 6.45) is 3.36. The Morgan fingerprint density at radius 2 is 2.17 bits per heavy atom. The second-order valence-electron chi connectivity index (χ2n) is 5.34. The Labute approximate surface area is 109 Å². The van der Waals surface area contributed by atoms with Gasteiger partial charge < -0.3 is 10.1 Å². The summed E-state index contributed by atoms with van der Waals surface area (Å²) in [6, 6.07) is 5.10. The maximum absolute atomic E-state index is 13.2. The second kappa shape index (κ2) is 5.37. The molecule has 2 nitrogen and oxygen atoms in total. The minimum absolute atomic E-state index is 0.110. The number of aryl methyl sites for hydroxylation is 1. The van der Waals surface area contributed by atoms with Gasteiger partial charge in [0.05, 0.1) is 11.6 Å². The zero-order valence-electron chi connectivity index (χ0n) is 11.4. The van der Waals surface area contributed by atoms with Crippen molar-refractivity contribution >= 4 is 0 Å². The molecule has 0 aliphatic carbocycles. The van der Waals surface area contributed by atoms with E-state index in [0.29, 0.717) is 0 Å². The molecule has 0 radical (unpaired) electrons. The molecular weight excluding hydrogens is 229 g/mol. The largest absolute Gasteiger partial charge is 0.373 e. The highest BCUT2D eigenvalue weighted by molar-refractivity contribution is 5.31. The van der Waals surface area contributed by atoms with Gasteiger partial charge in [-0.05, 0) is 63.4 Å². The van der Waals surface area contributed by atoms with Gasteiger partial charge in [-0.3, -0.25) is 0 Å². The Morgan fingerprint density at radius 1 is 1.39 bits per heavy atom. The van der Waals surface area contributed by atoms with E-state index in [9.17, 15) is 4.39 Å². The van der Waals surface area contributed by atoms with Crippen LogP contribution in [0.5, 0.6) is 0 Å². The first-order valence-corrected chi connectivity index (χ1v) is 6.64. The normalized spacial score (nSPS) is 26.0. The molecule has 2 atom stereocenters. The molecule has 0 aromatic heterocycles. The van der Waals surface area contributed by atoms with Crippen molar-refractivity contribution in [2.24, 2.45) is 0 Å². The van der Waals surface area contributed by atoms with E-state index in [1.807, 2.05) is 20.0 Å². The van der Waals surface area contributed by atoms with Gasteiger partial charge in [0.1, 0.15) is 5.82 Å². The zero-order chi connectivity index (χ0) is 13.2. The first-order valence-electron chi connectivity index (χ1n) is 6.64. The van der Waals surface area contributed by atoms with Crippen LogP contribution in [0.3, 0.4) is 0 Å². The van der Waals surface area contributed by atoms with E-state index in [1.165, 1.54) is 12.5 Å². The van der Waals surface area contributed by atoms with Gasteiger partial charge in [0.25, 0.3) is 0 Å². The molecule has 0 spiro atoms. The van der Waals surface area contributed by atoms with Gasteiger partial charge in [0.15, 0.2) is 0 Å². The molecule has 0 amide bonds. The molecule has 1 fully saturated rings. The van der Waals surface area contributed by atoms with Gasteiger partial charge in [0, 0.05) is 6.61 Å². The molecule has 18 heavy (non-hydrogen) atoms. The van der Waals surface area contributed by atoms with Crippen LogP contribution < -0.4 is 5.32 Å². The Balaban J connectivity index is 2.32. The number of ether oxygens (including phenoxy) is 1. The maximum Gasteiger partial charge on any atom is 0.123 e. The number of hydrogen-bond donors (Lipinski definition) is 1. The fraction of sp³-hybridized carbons (Fsp3) is 0.600. The van der Waals surface area contributed by atoms with Crippen molar-refractivity contribution in [3.63, 3.8) is 0 Å². The Hall–Kier alpha value is -0.930. The molecule has 2 unspecified atom stereocenters. The lowest BCUT2D eigenvalue weighted by molar-refractivity contribution is -0.0885. The van der Waals surface area contributed by atoms with Gasteiger partial charge in [-0.1, -0.05) is 6.07 Å². The number of hydrogen-bond acceptors (Lipinski definition) is 2. The highest BCUT2D eigenvalue weighted by atomic mass is 19.1. The van der Waals surface area contributed by atoms with Crippen LogP contribution in [0.4, 0.5) is 4.39 Å². The molecule has 100 valence electrons. The Kier molecular flexibility index (Phi) is 4.03. The van der Waals surface area contributed by atoms with E-state index < -0.39 is 0 Å². The fourth-order valence-corrected chi connectivity index (χ4v) is 2.94. The molecule has 1 N–H and O–H groups in total. The highest BCUT2D eigenvalue weighted by Gasteiger charge is 2.37. The topological polar surface area (TPSA) is 21.3 Å². The van der Waals surface area contributed by atoms with Gasteiger partial charge >= 0.3 is 0 Å². The maximum atomic E-state index is 13.2. The van der Waals surface area contributed by atoms with Crippen LogP contribution in [0.25, 0.3) is 0 Å². The molecule has 0 saturated carbocycles. The highest BCUT2D eigenvalue weighted by Crippen LogP contribution is 2.37. The molecule has 1 aliphatic rings. The molecule has 3 heteroatoms. The summed E-state index contributed by atoms with van der Waals surface area (Å²) in [5.41, 5.74) is 1.91. The summed E-state index contributed by atoms with van der Waals surface area (Å²) in [6.45, 7) is 4.92. The van der Waals surface area contributed by atoms with Crippen molar-refractivity contribution in [2.45, 2.75) is 44.8 Å². The summed E-state index contributed by atoms with van der Waals surface area (Å²) < 4.78 is 19.2. The molecule has 1 aliphatic heterocycles. The van der Waals surface area contributed by atoms with Gasteiger partial charge in [-0.2, -0.15) is 0 Å². The van der Waals surface area contributed by atoms with Crippen molar-refractivity contribution in [2.75, 3.05) is 13.7 Å². The van der Waals surface area contributed by atoms with E-state index in [2.05, 4.69) is 12.2 Å². The number of nitrogens with one attached hydrogen (secondary N) is 1. The summed E-state index contributed by atoms with van der Waals surface area (Å²) >= 11 is 0. The van der Waals surface area contributed by atoms with Gasteiger partial charge in [-0.15, -0.1) is 0 Å². The Morgan fingerprint density at radius 3 is 2.72 bits per heavy atom. The number of rotatable bonds is 3. The molecule has 1 aromatic carbocycles. The lowest BCUT2D eigenvalue weighted by atomic mass is 9.82. The predicted octanol–water partition coefficient (Wildman–Crippen LogP) is 3.35. The van der Waals surface area contributed by atoms with Crippen molar-refractivity contribution in [3.8, 4) is 0 Å². The lowest BCUT2D eigenvalue weighted by Gasteiger charge is -2.41. The van der Waals surface area contributed by atoms with E-state index in [4.69, 9.17) is 4.74 Å². The van der Waals surface area contributed by atoms with Crippen molar-refractivity contribution in [1.82, 2.24) is 5.32 Å². The van der Waals surface area contributed by atoms with Crippen LogP contribution in [-0.2, 0) is 4.74 Å². The van der Waals surface area contributed by atoms with Crippen molar-refractivity contribution in [3.05, 3.63) is 35.1 Å². The van der Waals surface area contributed by atoms with Crippen LogP contribution >= 0.6 is 0 Å². The molecule has 1 aromatic rings. The molecule has 1 heterocycles. The fourth-order valence-electron chi connectivity index (χ4n) is 2.94. The van der Waals surface area contributed by atoms with Crippen LogP contribution in [0.15, 0.2) is 18.2 Å². The monoisotopic (exact) mass is 251 g/mol. The van der Waals surface area contributed by atoms with Gasteiger partial charge in [-0.25, -0.2) is 4.39 Å². The zero-order valence-corrected chi connectivity index (χ0v) is 11.4.